The minimum atomic E-state index is -0.912. The monoisotopic (exact) mass is 335 g/mol. The van der Waals surface area contributed by atoms with E-state index >= 15 is 0 Å². The maximum absolute atomic E-state index is 10.3. The van der Waals surface area contributed by atoms with Crippen LogP contribution in [-0.2, 0) is 10.3 Å². The van der Waals surface area contributed by atoms with E-state index in [2.05, 4.69) is 18.7 Å². The second kappa shape index (κ2) is 12.5. The number of rotatable bonds is 8. The van der Waals surface area contributed by atoms with Crippen LogP contribution in [0.2, 0.25) is 0 Å². The van der Waals surface area contributed by atoms with Gasteiger partial charge in [0.15, 0.2) is 0 Å². The average Bonchev–Trinajstić information content (AvgIpc) is 2.64. The molecule has 2 rings (SSSR count). The molecule has 138 valence electrons. The lowest BCUT2D eigenvalue weighted by Crippen LogP contribution is -2.31. The number of nitrogens with zero attached hydrogens (tertiary/aromatic N) is 1. The van der Waals surface area contributed by atoms with Crippen LogP contribution in [0.25, 0.3) is 0 Å². The van der Waals surface area contributed by atoms with Gasteiger partial charge in [-0.25, -0.2) is 0 Å². The first-order valence-corrected chi connectivity index (χ1v) is 9.68. The largest absolute Gasteiger partial charge is 0.383 e. The van der Waals surface area contributed by atoms with Crippen LogP contribution in [0.1, 0.15) is 64.9 Å². The van der Waals surface area contributed by atoms with Crippen LogP contribution in [0.5, 0.6) is 0 Å². The van der Waals surface area contributed by atoms with E-state index in [4.69, 9.17) is 4.74 Å². The van der Waals surface area contributed by atoms with Crippen molar-refractivity contribution in [3.05, 3.63) is 35.9 Å². The van der Waals surface area contributed by atoms with E-state index in [1.165, 1.54) is 38.5 Å². The summed E-state index contributed by atoms with van der Waals surface area (Å²) in [6.07, 6.45) is 9.00. The van der Waals surface area contributed by atoms with Crippen LogP contribution in [0, 0.1) is 0 Å². The zero-order valence-corrected chi connectivity index (χ0v) is 16.0. The first-order chi connectivity index (χ1) is 11.6. The molecule has 0 radical (unpaired) electrons. The Labute approximate surface area is 149 Å². The van der Waals surface area contributed by atoms with Gasteiger partial charge < -0.3 is 14.7 Å². The zero-order chi connectivity index (χ0) is 17.7. The lowest BCUT2D eigenvalue weighted by molar-refractivity contribution is -0.0413. The molecule has 1 aliphatic carbocycles. The lowest BCUT2D eigenvalue weighted by Gasteiger charge is -2.25. The molecule has 1 atom stereocenters. The quantitative estimate of drug-likeness (QED) is 0.705. The van der Waals surface area contributed by atoms with E-state index in [0.717, 1.165) is 25.2 Å². The molecule has 3 heteroatoms. The van der Waals surface area contributed by atoms with Gasteiger partial charge in [0.25, 0.3) is 0 Å². The highest BCUT2D eigenvalue weighted by Gasteiger charge is 2.22. The molecule has 0 aliphatic heterocycles. The number of hydrogen-bond donors (Lipinski definition) is 1. The van der Waals surface area contributed by atoms with Crippen molar-refractivity contribution in [3.63, 3.8) is 0 Å². The van der Waals surface area contributed by atoms with Gasteiger partial charge in [-0.15, -0.1) is 0 Å². The zero-order valence-electron chi connectivity index (χ0n) is 16.0. The van der Waals surface area contributed by atoms with Gasteiger partial charge in [0.1, 0.15) is 5.60 Å². The number of likely N-dealkylation sites (N-methyl/N-ethyl adjacent to an activating group) is 1. The molecule has 1 aromatic carbocycles. The van der Waals surface area contributed by atoms with Crippen molar-refractivity contribution in [2.45, 2.75) is 64.9 Å². The molecule has 0 bridgehead atoms. The summed E-state index contributed by atoms with van der Waals surface area (Å²) >= 11 is 0. The second-order valence-electron chi connectivity index (χ2n) is 6.84. The van der Waals surface area contributed by atoms with Crippen molar-refractivity contribution in [1.82, 2.24) is 4.90 Å². The molecule has 0 heterocycles. The topological polar surface area (TPSA) is 32.7 Å². The van der Waals surface area contributed by atoms with Crippen molar-refractivity contribution < 1.29 is 9.84 Å². The number of benzene rings is 1. The maximum Gasteiger partial charge on any atom is 0.110 e. The molecule has 1 aliphatic rings. The summed E-state index contributed by atoms with van der Waals surface area (Å²) in [6.45, 7) is 10.1. The smallest absolute Gasteiger partial charge is 0.110 e. The molecule has 0 aromatic heterocycles. The Hall–Kier alpha value is -0.900. The standard InChI is InChI=1S/C15H25NO2.C6H12/c1-4-16(5-2)11-12-18-13-15(3,17)14-9-7-6-8-10-14;1-2-4-6-5-3-1/h6-10,17H,4-5,11-13H2,1-3H3;1-6H2/t15-;/m1./s1. The molecule has 1 saturated carbocycles. The summed E-state index contributed by atoms with van der Waals surface area (Å²) in [5, 5.41) is 10.3. The number of ether oxygens (including phenoxy) is 1. The van der Waals surface area contributed by atoms with Gasteiger partial charge >= 0.3 is 0 Å². The third kappa shape index (κ3) is 8.81. The highest BCUT2D eigenvalue weighted by molar-refractivity contribution is 5.21. The van der Waals surface area contributed by atoms with Crippen molar-refractivity contribution in [3.8, 4) is 0 Å². The Morgan fingerprint density at radius 3 is 1.92 bits per heavy atom. The van der Waals surface area contributed by atoms with Gasteiger partial charge in [0.2, 0.25) is 0 Å². The normalized spacial score (nSPS) is 17.0. The van der Waals surface area contributed by atoms with Gasteiger partial charge in [-0.3, -0.25) is 0 Å². The van der Waals surface area contributed by atoms with Crippen LogP contribution in [0.15, 0.2) is 30.3 Å². The highest BCUT2D eigenvalue weighted by atomic mass is 16.5. The summed E-state index contributed by atoms with van der Waals surface area (Å²) in [6, 6.07) is 9.65. The van der Waals surface area contributed by atoms with Crippen LogP contribution in [-0.4, -0.2) is 42.9 Å². The maximum atomic E-state index is 10.3. The minimum Gasteiger partial charge on any atom is -0.383 e. The molecule has 0 unspecified atom stereocenters. The van der Waals surface area contributed by atoms with Gasteiger partial charge in [0, 0.05) is 6.54 Å². The fourth-order valence-electron chi connectivity index (χ4n) is 2.95. The molecule has 1 aromatic rings. The van der Waals surface area contributed by atoms with Crippen molar-refractivity contribution in [1.29, 1.82) is 0 Å². The van der Waals surface area contributed by atoms with Crippen LogP contribution < -0.4 is 0 Å². The van der Waals surface area contributed by atoms with E-state index in [9.17, 15) is 5.11 Å². The fraction of sp³-hybridized carbons (Fsp3) is 0.714. The van der Waals surface area contributed by atoms with E-state index in [1.54, 1.807) is 6.92 Å². The Kier molecular flexibility index (Phi) is 11.0. The molecule has 3 nitrogen and oxygen atoms in total. The third-order valence-electron chi connectivity index (χ3n) is 4.73. The van der Waals surface area contributed by atoms with Gasteiger partial charge in [0.05, 0.1) is 13.2 Å². The van der Waals surface area contributed by atoms with Crippen molar-refractivity contribution in [2.75, 3.05) is 32.8 Å². The molecular weight excluding hydrogens is 298 g/mol. The van der Waals surface area contributed by atoms with Crippen LogP contribution in [0.4, 0.5) is 0 Å². The molecule has 0 amide bonds. The van der Waals surface area contributed by atoms with Gasteiger partial charge in [-0.2, -0.15) is 0 Å². The summed E-state index contributed by atoms with van der Waals surface area (Å²) in [7, 11) is 0. The Morgan fingerprint density at radius 2 is 1.46 bits per heavy atom. The fourth-order valence-corrected chi connectivity index (χ4v) is 2.95. The Balaban J connectivity index is 0.000000400. The van der Waals surface area contributed by atoms with Crippen molar-refractivity contribution in [2.24, 2.45) is 0 Å². The Bertz CT molecular complexity index is 386. The summed E-state index contributed by atoms with van der Waals surface area (Å²) in [4.78, 5) is 2.30. The summed E-state index contributed by atoms with van der Waals surface area (Å²) in [5.41, 5.74) is -0.0160. The Morgan fingerprint density at radius 1 is 0.958 bits per heavy atom. The number of aliphatic hydroxyl groups is 1. The van der Waals surface area contributed by atoms with Crippen molar-refractivity contribution >= 4 is 0 Å². The third-order valence-corrected chi connectivity index (χ3v) is 4.73. The summed E-state index contributed by atoms with van der Waals surface area (Å²) in [5.74, 6) is 0. The SMILES string of the molecule is C1CCCCC1.CCN(CC)CCOC[C@@](C)(O)c1ccccc1. The van der Waals surface area contributed by atoms with Crippen LogP contribution in [0.3, 0.4) is 0 Å². The van der Waals surface area contributed by atoms with Gasteiger partial charge in [-0.05, 0) is 25.6 Å². The lowest BCUT2D eigenvalue weighted by atomic mass is 9.97. The van der Waals surface area contributed by atoms with E-state index < -0.39 is 5.60 Å². The second-order valence-corrected chi connectivity index (χ2v) is 6.84. The average molecular weight is 336 g/mol. The van der Waals surface area contributed by atoms with E-state index in [-0.39, 0.29) is 0 Å². The molecular formula is C21H37NO2. The molecule has 0 spiro atoms. The highest BCUT2D eigenvalue weighted by Crippen LogP contribution is 2.20. The predicted octanol–water partition coefficient (Wildman–Crippen LogP) is 4.59. The predicted molar refractivity (Wildman–Crippen MR) is 102 cm³/mol. The molecule has 24 heavy (non-hydrogen) atoms. The van der Waals surface area contributed by atoms with E-state index in [1.807, 2.05) is 30.3 Å². The first-order valence-electron chi connectivity index (χ1n) is 9.68. The van der Waals surface area contributed by atoms with Gasteiger partial charge in [-0.1, -0.05) is 82.7 Å². The molecule has 0 saturated heterocycles. The summed E-state index contributed by atoms with van der Waals surface area (Å²) < 4.78 is 5.60. The van der Waals surface area contributed by atoms with E-state index in [0.29, 0.717) is 13.2 Å². The minimum absolute atomic E-state index is 0.332. The molecule has 1 fully saturated rings. The number of hydrogen-bond acceptors (Lipinski definition) is 3. The first kappa shape index (κ1) is 21.1. The molecule has 1 N–H and O–H groups in total. The van der Waals surface area contributed by atoms with Crippen LogP contribution >= 0.6 is 0 Å².